The zero-order valence-corrected chi connectivity index (χ0v) is 11.7. The van der Waals surface area contributed by atoms with Gasteiger partial charge in [-0.05, 0) is 32.6 Å². The number of hydrogen-bond acceptors (Lipinski definition) is 4. The van der Waals surface area contributed by atoms with E-state index in [2.05, 4.69) is 40.1 Å². The van der Waals surface area contributed by atoms with Crippen molar-refractivity contribution in [2.24, 2.45) is 0 Å². The summed E-state index contributed by atoms with van der Waals surface area (Å²) in [5.41, 5.74) is 0. The molecule has 100 valence electrons. The zero-order valence-electron chi connectivity index (χ0n) is 11.7. The van der Waals surface area contributed by atoms with Gasteiger partial charge in [0.25, 0.3) is 0 Å². The monoisotopic (exact) mass is 248 g/mol. The molecule has 4 nitrogen and oxygen atoms in total. The molecule has 1 fully saturated rings. The molecule has 2 rings (SSSR count). The molecule has 1 N–H and O–H groups in total. The average molecular weight is 248 g/mol. The van der Waals surface area contributed by atoms with Crippen molar-refractivity contribution in [3.05, 3.63) is 11.9 Å². The van der Waals surface area contributed by atoms with Gasteiger partial charge in [0.05, 0.1) is 0 Å². The second-order valence-corrected chi connectivity index (χ2v) is 5.06. The smallest absolute Gasteiger partial charge is 0.134 e. The summed E-state index contributed by atoms with van der Waals surface area (Å²) in [6, 6.07) is 2.73. The summed E-state index contributed by atoms with van der Waals surface area (Å²) in [7, 11) is 0. The third-order valence-corrected chi connectivity index (χ3v) is 3.06. The van der Waals surface area contributed by atoms with E-state index >= 15 is 0 Å². The third-order valence-electron chi connectivity index (χ3n) is 3.06. The molecule has 1 aliphatic carbocycles. The molecule has 0 aromatic carbocycles. The quantitative estimate of drug-likeness (QED) is 0.805. The van der Waals surface area contributed by atoms with E-state index in [4.69, 9.17) is 0 Å². The van der Waals surface area contributed by atoms with E-state index in [1.165, 1.54) is 12.8 Å². The standard InChI is InChI=1S/C14H24N4/c1-4-8-18(9-5-2)14-10-13(15-11(3)16-14)17-12-6-7-12/h10,12H,4-9H2,1-3H3,(H,15,16,17). The zero-order chi connectivity index (χ0) is 13.0. The molecular formula is C14H24N4. The number of aryl methyl sites for hydroxylation is 1. The first-order valence-electron chi connectivity index (χ1n) is 7.10. The van der Waals surface area contributed by atoms with Crippen LogP contribution in [0.15, 0.2) is 6.07 Å². The van der Waals surface area contributed by atoms with Crippen LogP contribution in [0.2, 0.25) is 0 Å². The van der Waals surface area contributed by atoms with Crippen LogP contribution in [0.3, 0.4) is 0 Å². The van der Waals surface area contributed by atoms with Crippen LogP contribution in [0.25, 0.3) is 0 Å². The van der Waals surface area contributed by atoms with Crippen LogP contribution in [0, 0.1) is 6.92 Å². The van der Waals surface area contributed by atoms with Gasteiger partial charge >= 0.3 is 0 Å². The summed E-state index contributed by atoms with van der Waals surface area (Å²) in [6.45, 7) is 8.51. The first-order chi connectivity index (χ1) is 8.72. The average Bonchev–Trinajstić information content (AvgIpc) is 3.12. The lowest BCUT2D eigenvalue weighted by Gasteiger charge is -2.23. The Morgan fingerprint density at radius 2 is 1.89 bits per heavy atom. The van der Waals surface area contributed by atoms with Crippen molar-refractivity contribution >= 4 is 11.6 Å². The van der Waals surface area contributed by atoms with Crippen LogP contribution in [0.5, 0.6) is 0 Å². The molecule has 0 amide bonds. The number of anilines is 2. The highest BCUT2D eigenvalue weighted by Crippen LogP contribution is 2.25. The fraction of sp³-hybridized carbons (Fsp3) is 0.714. The van der Waals surface area contributed by atoms with Gasteiger partial charge in [0.2, 0.25) is 0 Å². The molecular weight excluding hydrogens is 224 g/mol. The number of nitrogens with zero attached hydrogens (tertiary/aromatic N) is 3. The van der Waals surface area contributed by atoms with Crippen molar-refractivity contribution in [1.29, 1.82) is 0 Å². The van der Waals surface area contributed by atoms with Crippen molar-refractivity contribution in [3.63, 3.8) is 0 Å². The molecule has 0 bridgehead atoms. The van der Waals surface area contributed by atoms with E-state index in [1.54, 1.807) is 0 Å². The third kappa shape index (κ3) is 3.59. The van der Waals surface area contributed by atoms with E-state index in [0.29, 0.717) is 6.04 Å². The summed E-state index contributed by atoms with van der Waals surface area (Å²) in [4.78, 5) is 11.4. The fourth-order valence-electron chi connectivity index (χ4n) is 2.11. The fourth-order valence-corrected chi connectivity index (χ4v) is 2.11. The van der Waals surface area contributed by atoms with E-state index in [1.807, 2.05) is 6.92 Å². The van der Waals surface area contributed by atoms with Crippen LogP contribution in [0.4, 0.5) is 11.6 Å². The lowest BCUT2D eigenvalue weighted by Crippen LogP contribution is -2.26. The van der Waals surface area contributed by atoms with Gasteiger partial charge in [0.1, 0.15) is 17.5 Å². The summed E-state index contributed by atoms with van der Waals surface area (Å²) in [5.74, 6) is 2.90. The number of nitrogens with one attached hydrogen (secondary N) is 1. The molecule has 0 atom stereocenters. The molecule has 0 unspecified atom stereocenters. The molecule has 0 radical (unpaired) electrons. The largest absolute Gasteiger partial charge is 0.367 e. The predicted octanol–water partition coefficient (Wildman–Crippen LogP) is 2.99. The first kappa shape index (κ1) is 13.1. The number of hydrogen-bond donors (Lipinski definition) is 1. The van der Waals surface area contributed by atoms with Gasteiger partial charge in [-0.2, -0.15) is 0 Å². The van der Waals surface area contributed by atoms with Crippen molar-refractivity contribution in [2.45, 2.75) is 52.5 Å². The van der Waals surface area contributed by atoms with Crippen LogP contribution in [-0.2, 0) is 0 Å². The predicted molar refractivity (Wildman–Crippen MR) is 76.2 cm³/mol. The number of aromatic nitrogens is 2. The van der Waals surface area contributed by atoms with Crippen LogP contribution >= 0.6 is 0 Å². The van der Waals surface area contributed by atoms with Gasteiger partial charge < -0.3 is 10.2 Å². The Morgan fingerprint density at radius 3 is 2.44 bits per heavy atom. The molecule has 4 heteroatoms. The maximum atomic E-state index is 4.57. The molecule has 0 saturated heterocycles. The number of rotatable bonds is 7. The van der Waals surface area contributed by atoms with Crippen molar-refractivity contribution in [3.8, 4) is 0 Å². The van der Waals surface area contributed by atoms with Crippen LogP contribution < -0.4 is 10.2 Å². The highest BCUT2D eigenvalue weighted by Gasteiger charge is 2.22. The molecule has 0 spiro atoms. The summed E-state index contributed by atoms with van der Waals surface area (Å²) in [5, 5.41) is 3.46. The Labute approximate surface area is 110 Å². The van der Waals surface area contributed by atoms with Crippen LogP contribution in [-0.4, -0.2) is 29.1 Å². The van der Waals surface area contributed by atoms with Gasteiger partial charge in [-0.1, -0.05) is 13.8 Å². The summed E-state index contributed by atoms with van der Waals surface area (Å²) >= 11 is 0. The highest BCUT2D eigenvalue weighted by atomic mass is 15.2. The van der Waals surface area contributed by atoms with Gasteiger partial charge in [-0.25, -0.2) is 9.97 Å². The molecule has 1 aromatic rings. The van der Waals surface area contributed by atoms with E-state index in [0.717, 1.165) is 43.4 Å². The molecule has 1 aromatic heterocycles. The van der Waals surface area contributed by atoms with Crippen molar-refractivity contribution < 1.29 is 0 Å². The lowest BCUT2D eigenvalue weighted by atomic mass is 10.3. The van der Waals surface area contributed by atoms with Crippen molar-refractivity contribution in [2.75, 3.05) is 23.3 Å². The molecule has 0 aliphatic heterocycles. The topological polar surface area (TPSA) is 41.0 Å². The first-order valence-corrected chi connectivity index (χ1v) is 7.10. The maximum Gasteiger partial charge on any atom is 0.134 e. The Hall–Kier alpha value is -1.32. The SMILES string of the molecule is CCCN(CCC)c1cc(NC2CC2)nc(C)n1. The molecule has 1 saturated carbocycles. The molecule has 1 heterocycles. The van der Waals surface area contributed by atoms with E-state index in [-0.39, 0.29) is 0 Å². The Morgan fingerprint density at radius 1 is 1.22 bits per heavy atom. The van der Waals surface area contributed by atoms with Gasteiger partial charge in [0, 0.05) is 25.2 Å². The minimum atomic E-state index is 0.637. The van der Waals surface area contributed by atoms with E-state index in [9.17, 15) is 0 Å². The minimum Gasteiger partial charge on any atom is -0.367 e. The Bertz CT molecular complexity index is 381. The van der Waals surface area contributed by atoms with Crippen molar-refractivity contribution in [1.82, 2.24) is 9.97 Å². The van der Waals surface area contributed by atoms with Gasteiger partial charge in [0.15, 0.2) is 0 Å². The molecule has 1 aliphatic rings. The van der Waals surface area contributed by atoms with E-state index < -0.39 is 0 Å². The maximum absolute atomic E-state index is 4.57. The molecule has 18 heavy (non-hydrogen) atoms. The summed E-state index contributed by atoms with van der Waals surface area (Å²) < 4.78 is 0. The Balaban J connectivity index is 2.15. The Kier molecular flexibility index (Phi) is 4.39. The highest BCUT2D eigenvalue weighted by molar-refractivity contribution is 5.50. The summed E-state index contributed by atoms with van der Waals surface area (Å²) in [6.07, 6.45) is 4.83. The van der Waals surface area contributed by atoms with Crippen LogP contribution in [0.1, 0.15) is 45.4 Å². The van der Waals surface area contributed by atoms with Gasteiger partial charge in [-0.3, -0.25) is 0 Å². The minimum absolute atomic E-state index is 0.637. The lowest BCUT2D eigenvalue weighted by molar-refractivity contribution is 0.730. The second-order valence-electron chi connectivity index (χ2n) is 5.06. The second kappa shape index (κ2) is 6.03. The van der Waals surface area contributed by atoms with Gasteiger partial charge in [-0.15, -0.1) is 0 Å². The normalized spacial score (nSPS) is 14.6.